The topological polar surface area (TPSA) is 30.5 Å². The Balaban J connectivity index is 2.60. The normalized spacial score (nSPS) is 11.9. The van der Waals surface area contributed by atoms with Crippen molar-refractivity contribution in [2.24, 2.45) is 0 Å². The van der Waals surface area contributed by atoms with Crippen LogP contribution in [0.25, 0.3) is 0 Å². The fourth-order valence-electron chi connectivity index (χ4n) is 1.62. The Kier molecular flexibility index (Phi) is 6.43. The molecule has 3 nitrogen and oxygen atoms in total. The highest BCUT2D eigenvalue weighted by Gasteiger charge is 2.12. The minimum absolute atomic E-state index is 0.0235. The van der Waals surface area contributed by atoms with Gasteiger partial charge < -0.3 is 14.8 Å². The van der Waals surface area contributed by atoms with E-state index in [0.29, 0.717) is 25.5 Å². The van der Waals surface area contributed by atoms with Gasteiger partial charge in [0.05, 0.1) is 12.7 Å². The van der Waals surface area contributed by atoms with Crippen LogP contribution in [0.1, 0.15) is 40.2 Å². The van der Waals surface area contributed by atoms with Crippen LogP contribution in [0, 0.1) is 5.82 Å². The first-order valence-corrected chi connectivity index (χ1v) is 7.06. The quantitative estimate of drug-likeness (QED) is 0.777. The molecule has 0 heterocycles. The molecule has 20 heavy (non-hydrogen) atoms. The first kappa shape index (κ1) is 16.9. The Morgan fingerprint density at radius 1 is 1.20 bits per heavy atom. The van der Waals surface area contributed by atoms with E-state index in [1.165, 1.54) is 12.1 Å². The summed E-state index contributed by atoms with van der Waals surface area (Å²) in [7, 11) is 0. The fourth-order valence-corrected chi connectivity index (χ4v) is 1.62. The van der Waals surface area contributed by atoms with Crippen LogP contribution < -0.4 is 10.1 Å². The summed E-state index contributed by atoms with van der Waals surface area (Å²) in [5, 5.41) is 3.34. The smallest absolute Gasteiger partial charge is 0.124 e. The van der Waals surface area contributed by atoms with Crippen molar-refractivity contribution in [2.75, 3.05) is 13.2 Å². The van der Waals surface area contributed by atoms with Crippen LogP contribution in [-0.4, -0.2) is 24.9 Å². The van der Waals surface area contributed by atoms with Crippen molar-refractivity contribution >= 4 is 0 Å². The predicted molar refractivity (Wildman–Crippen MR) is 79.6 cm³/mol. The molecule has 0 amide bonds. The third-order valence-corrected chi connectivity index (χ3v) is 2.62. The van der Waals surface area contributed by atoms with Crippen LogP contribution in [0.4, 0.5) is 4.39 Å². The van der Waals surface area contributed by atoms with Crippen molar-refractivity contribution in [1.82, 2.24) is 5.32 Å². The van der Waals surface area contributed by atoms with Crippen molar-refractivity contribution in [2.45, 2.75) is 52.8 Å². The molecule has 1 aromatic rings. The summed E-state index contributed by atoms with van der Waals surface area (Å²) in [5.74, 6) is 0.456. The number of ether oxygens (including phenoxy) is 2. The number of hydrogen-bond acceptors (Lipinski definition) is 3. The van der Waals surface area contributed by atoms with Crippen molar-refractivity contribution in [1.29, 1.82) is 0 Å². The van der Waals surface area contributed by atoms with Gasteiger partial charge in [-0.15, -0.1) is 0 Å². The summed E-state index contributed by atoms with van der Waals surface area (Å²) < 4.78 is 24.5. The van der Waals surface area contributed by atoms with Crippen molar-refractivity contribution in [3.8, 4) is 5.75 Å². The summed E-state index contributed by atoms with van der Waals surface area (Å²) in [6.45, 7) is 11.7. The molecular weight excluding hydrogens is 257 g/mol. The number of halogens is 1. The number of rotatable bonds is 7. The zero-order valence-electron chi connectivity index (χ0n) is 13.1. The van der Waals surface area contributed by atoms with E-state index >= 15 is 0 Å². The van der Waals surface area contributed by atoms with E-state index in [1.54, 1.807) is 6.07 Å². The highest BCUT2D eigenvalue weighted by atomic mass is 19.1. The molecule has 0 saturated carbocycles. The summed E-state index contributed by atoms with van der Waals surface area (Å²) in [4.78, 5) is 0. The minimum Gasteiger partial charge on any atom is -0.491 e. The van der Waals surface area contributed by atoms with E-state index in [2.05, 4.69) is 26.1 Å². The Hall–Kier alpha value is -1.13. The zero-order valence-corrected chi connectivity index (χ0v) is 13.1. The Labute approximate surface area is 121 Å². The lowest BCUT2D eigenvalue weighted by atomic mass is 10.1. The van der Waals surface area contributed by atoms with Gasteiger partial charge in [-0.1, -0.05) is 0 Å². The molecule has 1 rings (SSSR count). The third-order valence-electron chi connectivity index (χ3n) is 2.62. The highest BCUT2D eigenvalue weighted by Crippen LogP contribution is 2.20. The SMILES string of the molecule is CC(C)OCCOc1ccc(F)cc1CNC(C)(C)C. The van der Waals surface area contributed by atoms with E-state index in [1.807, 2.05) is 13.8 Å². The molecule has 1 aromatic carbocycles. The fraction of sp³-hybridized carbons (Fsp3) is 0.625. The monoisotopic (exact) mass is 283 g/mol. The van der Waals surface area contributed by atoms with Crippen LogP contribution in [0.5, 0.6) is 5.75 Å². The first-order valence-electron chi connectivity index (χ1n) is 7.06. The van der Waals surface area contributed by atoms with Gasteiger partial charge in [-0.2, -0.15) is 0 Å². The third kappa shape index (κ3) is 6.87. The van der Waals surface area contributed by atoms with Gasteiger partial charge in [-0.25, -0.2) is 4.39 Å². The van der Waals surface area contributed by atoms with Crippen LogP contribution in [-0.2, 0) is 11.3 Å². The van der Waals surface area contributed by atoms with E-state index in [4.69, 9.17) is 9.47 Å². The maximum absolute atomic E-state index is 13.4. The van der Waals surface area contributed by atoms with E-state index in [9.17, 15) is 4.39 Å². The van der Waals surface area contributed by atoms with Crippen molar-refractivity contribution < 1.29 is 13.9 Å². The molecule has 0 aliphatic rings. The lowest BCUT2D eigenvalue weighted by molar-refractivity contribution is 0.0550. The summed E-state index contributed by atoms with van der Waals surface area (Å²) >= 11 is 0. The average molecular weight is 283 g/mol. The van der Waals surface area contributed by atoms with Gasteiger partial charge in [0.1, 0.15) is 18.2 Å². The molecule has 4 heteroatoms. The first-order chi connectivity index (χ1) is 9.28. The Morgan fingerprint density at radius 2 is 1.90 bits per heavy atom. The highest BCUT2D eigenvalue weighted by molar-refractivity contribution is 5.34. The lowest BCUT2D eigenvalue weighted by Gasteiger charge is -2.21. The molecule has 0 radical (unpaired) electrons. The van der Waals surface area contributed by atoms with Gasteiger partial charge in [-0.05, 0) is 52.8 Å². The molecule has 0 saturated heterocycles. The zero-order chi connectivity index (χ0) is 15.2. The van der Waals surface area contributed by atoms with Crippen LogP contribution in [0.15, 0.2) is 18.2 Å². The second-order valence-corrected chi connectivity index (χ2v) is 6.12. The molecular formula is C16H26FNO2. The molecule has 0 atom stereocenters. The van der Waals surface area contributed by atoms with Crippen LogP contribution >= 0.6 is 0 Å². The standard InChI is InChI=1S/C16H26FNO2/c1-12(2)19-8-9-20-15-7-6-14(17)10-13(15)11-18-16(3,4)5/h6-7,10,12,18H,8-9,11H2,1-5H3. The molecule has 0 aromatic heterocycles. The molecule has 1 N–H and O–H groups in total. The maximum Gasteiger partial charge on any atom is 0.124 e. The lowest BCUT2D eigenvalue weighted by Crippen LogP contribution is -2.35. The largest absolute Gasteiger partial charge is 0.491 e. The van der Waals surface area contributed by atoms with Gasteiger partial charge in [0.25, 0.3) is 0 Å². The summed E-state index contributed by atoms with van der Waals surface area (Å²) in [5.41, 5.74) is 0.800. The molecule has 0 fully saturated rings. The number of benzene rings is 1. The molecule has 0 spiro atoms. The summed E-state index contributed by atoms with van der Waals surface area (Å²) in [6.07, 6.45) is 0.189. The van der Waals surface area contributed by atoms with Crippen molar-refractivity contribution in [3.63, 3.8) is 0 Å². The van der Waals surface area contributed by atoms with E-state index in [0.717, 1.165) is 5.56 Å². The van der Waals surface area contributed by atoms with Crippen LogP contribution in [0.3, 0.4) is 0 Å². The summed E-state index contributed by atoms with van der Waals surface area (Å²) in [6, 6.07) is 4.60. The average Bonchev–Trinajstić information content (AvgIpc) is 2.32. The van der Waals surface area contributed by atoms with Gasteiger partial charge in [-0.3, -0.25) is 0 Å². The Morgan fingerprint density at radius 3 is 2.50 bits per heavy atom. The van der Waals surface area contributed by atoms with Gasteiger partial charge in [0, 0.05) is 17.6 Å². The van der Waals surface area contributed by atoms with E-state index < -0.39 is 0 Å². The second kappa shape index (κ2) is 7.60. The Bertz CT molecular complexity index is 413. The molecule has 0 aliphatic heterocycles. The van der Waals surface area contributed by atoms with Crippen molar-refractivity contribution in [3.05, 3.63) is 29.6 Å². The predicted octanol–water partition coefficient (Wildman–Crippen LogP) is 3.52. The van der Waals surface area contributed by atoms with Gasteiger partial charge >= 0.3 is 0 Å². The number of nitrogens with one attached hydrogen (secondary N) is 1. The maximum atomic E-state index is 13.4. The molecule has 0 aliphatic carbocycles. The van der Waals surface area contributed by atoms with Crippen LogP contribution in [0.2, 0.25) is 0 Å². The van der Waals surface area contributed by atoms with Gasteiger partial charge in [0.15, 0.2) is 0 Å². The van der Waals surface area contributed by atoms with Gasteiger partial charge in [0.2, 0.25) is 0 Å². The minimum atomic E-state index is -0.249. The number of hydrogen-bond donors (Lipinski definition) is 1. The molecule has 0 bridgehead atoms. The van der Waals surface area contributed by atoms with E-state index in [-0.39, 0.29) is 17.5 Å². The second-order valence-electron chi connectivity index (χ2n) is 6.12. The molecule has 0 unspecified atom stereocenters. The molecule has 114 valence electrons.